The predicted molar refractivity (Wildman–Crippen MR) is 129 cm³/mol. The molecule has 0 atom stereocenters. The van der Waals surface area contributed by atoms with Gasteiger partial charge in [0.15, 0.2) is 0 Å². The van der Waals surface area contributed by atoms with Crippen molar-refractivity contribution in [2.24, 2.45) is 0 Å². The molecule has 2 heterocycles. The standard InChI is InChI=1S/C25H20N4O4S/c30-25(17-10-12-21(13-11-17)34(31,32)26-16-20-7-4-14-33-20)27-19-6-3-5-18(15-19)24-28-22-8-1-2-9-23(22)29-24/h1-15,26H,16H2,(H,27,30)(H,28,29). The van der Waals surface area contributed by atoms with E-state index in [0.717, 1.165) is 16.6 Å². The maximum atomic E-state index is 12.7. The van der Waals surface area contributed by atoms with Crippen LogP contribution < -0.4 is 10.0 Å². The molecule has 2 aromatic heterocycles. The molecule has 0 aliphatic carbocycles. The Morgan fingerprint density at radius 2 is 1.76 bits per heavy atom. The largest absolute Gasteiger partial charge is 0.468 e. The number of carbonyl (C=O) groups excluding carboxylic acids is 1. The van der Waals surface area contributed by atoms with Gasteiger partial charge in [-0.3, -0.25) is 4.79 Å². The average molecular weight is 473 g/mol. The molecule has 9 heteroatoms. The molecular weight excluding hydrogens is 452 g/mol. The number of fused-ring (bicyclic) bond motifs is 1. The number of sulfonamides is 1. The number of rotatable bonds is 7. The number of hydrogen-bond donors (Lipinski definition) is 3. The van der Waals surface area contributed by atoms with E-state index in [1.165, 1.54) is 30.5 Å². The van der Waals surface area contributed by atoms with Crippen LogP contribution in [0.1, 0.15) is 16.1 Å². The third-order valence-electron chi connectivity index (χ3n) is 5.23. The van der Waals surface area contributed by atoms with E-state index in [-0.39, 0.29) is 17.3 Å². The van der Waals surface area contributed by atoms with Gasteiger partial charge in [0.05, 0.1) is 28.7 Å². The van der Waals surface area contributed by atoms with Crippen molar-refractivity contribution < 1.29 is 17.6 Å². The zero-order chi connectivity index (χ0) is 23.5. The summed E-state index contributed by atoms with van der Waals surface area (Å²) < 4.78 is 32.6. The third kappa shape index (κ3) is 4.61. The van der Waals surface area contributed by atoms with E-state index in [0.29, 0.717) is 22.8 Å². The maximum absolute atomic E-state index is 12.7. The first kappa shape index (κ1) is 21.6. The van der Waals surface area contributed by atoms with Crippen LogP contribution in [0.25, 0.3) is 22.4 Å². The van der Waals surface area contributed by atoms with Gasteiger partial charge in [-0.2, -0.15) is 0 Å². The maximum Gasteiger partial charge on any atom is 0.255 e. The number of hydrogen-bond acceptors (Lipinski definition) is 5. The summed E-state index contributed by atoms with van der Waals surface area (Å²) >= 11 is 0. The number of para-hydroxylation sites is 2. The van der Waals surface area contributed by atoms with Gasteiger partial charge in [0, 0.05) is 16.8 Å². The Hall–Kier alpha value is -4.21. The molecule has 0 spiro atoms. The van der Waals surface area contributed by atoms with Crippen LogP contribution in [0.2, 0.25) is 0 Å². The molecule has 0 unspecified atom stereocenters. The number of anilines is 1. The van der Waals surface area contributed by atoms with Crippen LogP contribution in [-0.4, -0.2) is 24.3 Å². The molecule has 1 amide bonds. The molecule has 0 saturated carbocycles. The zero-order valence-corrected chi connectivity index (χ0v) is 18.7. The lowest BCUT2D eigenvalue weighted by Crippen LogP contribution is -2.23. The summed E-state index contributed by atoms with van der Waals surface area (Å²) in [5.41, 5.74) is 3.55. The summed E-state index contributed by atoms with van der Waals surface area (Å²) in [5, 5.41) is 2.85. The van der Waals surface area contributed by atoms with Crippen molar-refractivity contribution in [3.05, 3.63) is 103 Å². The second kappa shape index (κ2) is 8.97. The molecule has 0 aliphatic rings. The first-order valence-corrected chi connectivity index (χ1v) is 11.9. The number of benzene rings is 3. The fraction of sp³-hybridized carbons (Fsp3) is 0.0400. The number of H-pyrrole nitrogens is 1. The van der Waals surface area contributed by atoms with Crippen molar-refractivity contribution in [2.45, 2.75) is 11.4 Å². The SMILES string of the molecule is O=C(Nc1cccc(-c2nc3ccccc3[nH]2)c1)c1ccc(S(=O)(=O)NCc2ccco2)cc1. The molecule has 0 aliphatic heterocycles. The Morgan fingerprint density at radius 3 is 2.53 bits per heavy atom. The lowest BCUT2D eigenvalue weighted by Gasteiger charge is -2.08. The number of nitrogens with one attached hydrogen (secondary N) is 3. The first-order chi connectivity index (χ1) is 16.5. The molecule has 0 bridgehead atoms. The van der Waals surface area contributed by atoms with Crippen molar-refractivity contribution >= 4 is 32.7 Å². The highest BCUT2D eigenvalue weighted by Crippen LogP contribution is 2.23. The highest BCUT2D eigenvalue weighted by molar-refractivity contribution is 7.89. The van der Waals surface area contributed by atoms with E-state index >= 15 is 0 Å². The Morgan fingerprint density at radius 1 is 0.941 bits per heavy atom. The molecule has 5 aromatic rings. The molecule has 170 valence electrons. The Kier molecular flexibility index (Phi) is 5.70. The number of carbonyl (C=O) groups is 1. The van der Waals surface area contributed by atoms with Crippen molar-refractivity contribution in [3.8, 4) is 11.4 Å². The minimum Gasteiger partial charge on any atom is -0.468 e. The number of aromatic nitrogens is 2. The van der Waals surface area contributed by atoms with Gasteiger partial charge in [-0.15, -0.1) is 0 Å². The fourth-order valence-corrected chi connectivity index (χ4v) is 4.48. The number of nitrogens with zero attached hydrogens (tertiary/aromatic N) is 1. The van der Waals surface area contributed by atoms with Crippen LogP contribution in [0.4, 0.5) is 5.69 Å². The Labute approximate surface area is 195 Å². The van der Waals surface area contributed by atoms with Crippen molar-refractivity contribution in [1.29, 1.82) is 0 Å². The van der Waals surface area contributed by atoms with Crippen LogP contribution in [-0.2, 0) is 16.6 Å². The van der Waals surface area contributed by atoms with E-state index in [4.69, 9.17) is 4.42 Å². The summed E-state index contributed by atoms with van der Waals surface area (Å²) in [6.07, 6.45) is 1.48. The van der Waals surface area contributed by atoms with E-state index < -0.39 is 10.0 Å². The first-order valence-electron chi connectivity index (χ1n) is 10.5. The zero-order valence-electron chi connectivity index (χ0n) is 17.9. The molecule has 0 radical (unpaired) electrons. The van der Waals surface area contributed by atoms with Gasteiger partial charge in [0.2, 0.25) is 10.0 Å². The second-order valence-corrected chi connectivity index (χ2v) is 9.33. The van der Waals surface area contributed by atoms with Crippen molar-refractivity contribution in [2.75, 3.05) is 5.32 Å². The monoisotopic (exact) mass is 472 g/mol. The van der Waals surface area contributed by atoms with Gasteiger partial charge in [-0.1, -0.05) is 24.3 Å². The lowest BCUT2D eigenvalue weighted by molar-refractivity contribution is 0.102. The van der Waals surface area contributed by atoms with E-state index in [2.05, 4.69) is 20.0 Å². The molecule has 0 saturated heterocycles. The summed E-state index contributed by atoms with van der Waals surface area (Å²) in [7, 11) is -3.74. The molecule has 3 N–H and O–H groups in total. The average Bonchev–Trinajstić information content (AvgIpc) is 3.53. The number of furan rings is 1. The molecule has 34 heavy (non-hydrogen) atoms. The molecular formula is C25H20N4O4S. The van der Waals surface area contributed by atoms with Crippen LogP contribution in [0.3, 0.4) is 0 Å². The van der Waals surface area contributed by atoms with E-state index in [1.54, 1.807) is 18.2 Å². The van der Waals surface area contributed by atoms with Gasteiger partial charge < -0.3 is 14.7 Å². The van der Waals surface area contributed by atoms with Crippen LogP contribution in [0, 0.1) is 0 Å². The number of aromatic amines is 1. The van der Waals surface area contributed by atoms with Gasteiger partial charge in [-0.05, 0) is 60.7 Å². The summed E-state index contributed by atoms with van der Waals surface area (Å²) in [4.78, 5) is 20.7. The molecule has 5 rings (SSSR count). The fourth-order valence-electron chi connectivity index (χ4n) is 3.49. The van der Waals surface area contributed by atoms with E-state index in [1.807, 2.05) is 42.5 Å². The molecule has 8 nitrogen and oxygen atoms in total. The molecule has 0 fully saturated rings. The van der Waals surface area contributed by atoms with Gasteiger partial charge >= 0.3 is 0 Å². The normalized spacial score (nSPS) is 11.5. The smallest absolute Gasteiger partial charge is 0.255 e. The third-order valence-corrected chi connectivity index (χ3v) is 6.64. The highest BCUT2D eigenvalue weighted by Gasteiger charge is 2.16. The molecule has 3 aromatic carbocycles. The second-order valence-electron chi connectivity index (χ2n) is 7.57. The van der Waals surface area contributed by atoms with E-state index in [9.17, 15) is 13.2 Å². The van der Waals surface area contributed by atoms with Crippen molar-refractivity contribution in [1.82, 2.24) is 14.7 Å². The predicted octanol–water partition coefficient (Wildman–Crippen LogP) is 4.55. The van der Waals surface area contributed by atoms with Crippen LogP contribution >= 0.6 is 0 Å². The lowest BCUT2D eigenvalue weighted by atomic mass is 10.1. The van der Waals surface area contributed by atoms with Gasteiger partial charge in [-0.25, -0.2) is 18.1 Å². The van der Waals surface area contributed by atoms with Crippen LogP contribution in [0.15, 0.2) is 101 Å². The topological polar surface area (TPSA) is 117 Å². The summed E-state index contributed by atoms with van der Waals surface area (Å²) in [6, 6.07) is 24.2. The Balaban J connectivity index is 1.28. The quantitative estimate of drug-likeness (QED) is 0.321. The summed E-state index contributed by atoms with van der Waals surface area (Å²) in [6.45, 7) is 0.0408. The van der Waals surface area contributed by atoms with Gasteiger partial charge in [0.1, 0.15) is 11.6 Å². The van der Waals surface area contributed by atoms with Crippen LogP contribution in [0.5, 0.6) is 0 Å². The Bertz CT molecular complexity index is 1520. The number of amides is 1. The minimum atomic E-state index is -3.74. The highest BCUT2D eigenvalue weighted by atomic mass is 32.2. The van der Waals surface area contributed by atoms with Gasteiger partial charge in [0.25, 0.3) is 5.91 Å². The number of imidazole rings is 1. The summed E-state index contributed by atoms with van der Waals surface area (Å²) in [5.74, 6) is 0.854. The minimum absolute atomic E-state index is 0.0408. The van der Waals surface area contributed by atoms with Crippen molar-refractivity contribution in [3.63, 3.8) is 0 Å².